The second kappa shape index (κ2) is 9.91. The molecule has 2 radical (unpaired) electrons. The molecule has 0 aromatic carbocycles. The summed E-state index contributed by atoms with van der Waals surface area (Å²) in [7, 11) is 0. The summed E-state index contributed by atoms with van der Waals surface area (Å²) >= 11 is 0. The molecule has 0 N–H and O–H groups in total. The van der Waals surface area contributed by atoms with Crippen molar-refractivity contribution in [3.8, 4) is 0 Å². The number of rotatable bonds is 2. The molecule has 0 spiro atoms. The molecule has 0 aliphatic heterocycles. The van der Waals surface area contributed by atoms with Crippen LogP contribution in [0.15, 0.2) is 6.20 Å². The van der Waals surface area contributed by atoms with Crippen molar-refractivity contribution >= 4 is 0 Å². The molecular formula is C7H13N3VY-2. The minimum atomic E-state index is 0. The topological polar surface area (TPSA) is 30.7 Å². The third-order valence-electron chi connectivity index (χ3n) is 1.17. The molecule has 0 unspecified atom stereocenters. The van der Waals surface area contributed by atoms with Crippen molar-refractivity contribution in [3.63, 3.8) is 0 Å². The van der Waals surface area contributed by atoms with Gasteiger partial charge in [0.05, 0.1) is 5.69 Å². The molecule has 3 nitrogen and oxygen atoms in total. The van der Waals surface area contributed by atoms with Crippen LogP contribution in [0.1, 0.15) is 12.6 Å². The predicted molar refractivity (Wildman–Crippen MR) is 41.2 cm³/mol. The van der Waals surface area contributed by atoms with Gasteiger partial charge in [0, 0.05) is 64.0 Å². The van der Waals surface area contributed by atoms with E-state index in [2.05, 4.69) is 17.2 Å². The Morgan fingerprint density at radius 2 is 2.17 bits per heavy atom. The maximum Gasteiger partial charge on any atom is 0.0530 e. The van der Waals surface area contributed by atoms with Crippen molar-refractivity contribution in [3.05, 3.63) is 26.2 Å². The Kier molecular flexibility index (Phi) is 15.3. The summed E-state index contributed by atoms with van der Waals surface area (Å²) < 4.78 is 1.79. The molecule has 0 saturated heterocycles. The van der Waals surface area contributed by atoms with Crippen LogP contribution < -0.4 is 0 Å². The van der Waals surface area contributed by atoms with E-state index >= 15 is 0 Å². The third-order valence-corrected chi connectivity index (χ3v) is 1.17. The molecule has 0 aliphatic carbocycles. The fraction of sp³-hybridized carbons (Fsp3) is 0.429. The van der Waals surface area contributed by atoms with E-state index in [1.54, 1.807) is 4.68 Å². The molecule has 1 heterocycles. The number of nitrogens with zero attached hydrogens (tertiary/aromatic N) is 3. The Hall–Kier alpha value is 0.828. The van der Waals surface area contributed by atoms with E-state index in [0.717, 1.165) is 18.7 Å². The van der Waals surface area contributed by atoms with Crippen molar-refractivity contribution in [1.82, 2.24) is 15.0 Å². The van der Waals surface area contributed by atoms with Crippen LogP contribution in [0.5, 0.6) is 0 Å². The number of aryl methyl sites for hydroxylation is 1. The normalized spacial score (nSPS) is 7.50. The monoisotopic (exact) mass is 279 g/mol. The molecule has 1 rings (SSSR count). The van der Waals surface area contributed by atoms with Gasteiger partial charge in [0.2, 0.25) is 0 Å². The van der Waals surface area contributed by atoms with Crippen molar-refractivity contribution in [2.45, 2.75) is 19.9 Å². The van der Waals surface area contributed by atoms with Gasteiger partial charge in [-0.05, 0) is 6.92 Å². The summed E-state index contributed by atoms with van der Waals surface area (Å²) in [6.45, 7) is 6.60. The van der Waals surface area contributed by atoms with Crippen LogP contribution in [0.2, 0.25) is 0 Å². The zero-order valence-corrected chi connectivity index (χ0v) is 11.8. The van der Waals surface area contributed by atoms with Crippen molar-refractivity contribution in [1.29, 1.82) is 0 Å². The van der Waals surface area contributed by atoms with E-state index < -0.39 is 0 Å². The van der Waals surface area contributed by atoms with Crippen molar-refractivity contribution in [2.24, 2.45) is 0 Å². The van der Waals surface area contributed by atoms with Crippen molar-refractivity contribution in [2.75, 3.05) is 0 Å². The van der Waals surface area contributed by atoms with E-state index in [-0.39, 0.29) is 58.7 Å². The van der Waals surface area contributed by atoms with Gasteiger partial charge in [-0.2, -0.15) is 0 Å². The summed E-state index contributed by atoms with van der Waals surface area (Å²) in [4.78, 5) is 0. The molecule has 0 fully saturated rings. The molecule has 66 valence electrons. The zero-order valence-electron chi connectivity index (χ0n) is 7.56. The molecule has 0 amide bonds. The van der Waals surface area contributed by atoms with Gasteiger partial charge in [0.25, 0.3) is 0 Å². The number of hydrogen-bond donors (Lipinski definition) is 0. The molecular weight excluding hydrogens is 266 g/mol. The minimum absolute atomic E-state index is 0. The third kappa shape index (κ3) is 5.47. The fourth-order valence-electron chi connectivity index (χ4n) is 0.608. The quantitative estimate of drug-likeness (QED) is 0.759. The van der Waals surface area contributed by atoms with Crippen LogP contribution in [0.25, 0.3) is 0 Å². The summed E-state index contributed by atoms with van der Waals surface area (Å²) in [6.07, 6.45) is 2.63. The fourth-order valence-corrected chi connectivity index (χ4v) is 0.608. The maximum absolute atomic E-state index is 3.86. The van der Waals surface area contributed by atoms with Gasteiger partial charge in [-0.15, -0.1) is 11.5 Å². The predicted octanol–water partition coefficient (Wildman–Crippen LogP) is 1.12. The molecule has 0 bridgehead atoms. The second-order valence-corrected chi connectivity index (χ2v) is 1.82. The standard InChI is InChI=1S/C6H10N3.CH3.V.Y/c1-3-6-5-9(4-2)8-7-6;;;/h5H,1,3-4H2,2H3;1H3;;/q2*-1;;. The Morgan fingerprint density at radius 3 is 2.42 bits per heavy atom. The second-order valence-electron chi connectivity index (χ2n) is 1.82. The first-order valence-corrected chi connectivity index (χ1v) is 3.05. The van der Waals surface area contributed by atoms with Gasteiger partial charge in [-0.1, -0.05) is 5.21 Å². The largest absolute Gasteiger partial charge is 0.358 e. The maximum atomic E-state index is 3.86. The molecule has 5 heteroatoms. The number of aromatic nitrogens is 3. The van der Waals surface area contributed by atoms with Crippen molar-refractivity contribution < 1.29 is 51.3 Å². The first-order chi connectivity index (χ1) is 4.36. The summed E-state index contributed by atoms with van der Waals surface area (Å²) in [5.74, 6) is 0. The van der Waals surface area contributed by atoms with Gasteiger partial charge in [0.1, 0.15) is 0 Å². The first kappa shape index (κ1) is 18.6. The zero-order chi connectivity index (χ0) is 6.69. The van der Waals surface area contributed by atoms with Gasteiger partial charge in [-0.3, -0.25) is 4.68 Å². The molecule has 0 saturated carbocycles. The first-order valence-electron chi connectivity index (χ1n) is 3.05. The minimum Gasteiger partial charge on any atom is -0.358 e. The molecule has 0 atom stereocenters. The van der Waals surface area contributed by atoms with Gasteiger partial charge in [-0.25, -0.2) is 0 Å². The Labute approximate surface area is 111 Å². The van der Waals surface area contributed by atoms with E-state index in [1.807, 2.05) is 13.1 Å². The van der Waals surface area contributed by atoms with Gasteiger partial charge >= 0.3 is 0 Å². The average Bonchev–Trinajstić information content (AvgIpc) is 2.34. The summed E-state index contributed by atoms with van der Waals surface area (Å²) in [5, 5.41) is 7.69. The molecule has 1 aromatic rings. The average molecular weight is 279 g/mol. The van der Waals surface area contributed by atoms with E-state index in [9.17, 15) is 0 Å². The van der Waals surface area contributed by atoms with Gasteiger partial charge in [0.15, 0.2) is 0 Å². The van der Waals surface area contributed by atoms with Gasteiger partial charge < -0.3 is 14.4 Å². The number of hydrogen-bond acceptors (Lipinski definition) is 2. The van der Waals surface area contributed by atoms with Crippen LogP contribution in [0.4, 0.5) is 0 Å². The summed E-state index contributed by atoms with van der Waals surface area (Å²) in [6, 6.07) is 0. The Balaban J connectivity index is -0.000000270. The Morgan fingerprint density at radius 1 is 1.58 bits per heavy atom. The SMILES string of the molecule is [CH2-]Cc1cn(CC)nn1.[CH3-].[V].[Y]. The van der Waals surface area contributed by atoms with Crippen LogP contribution in [-0.4, -0.2) is 15.0 Å². The summed E-state index contributed by atoms with van der Waals surface area (Å²) in [5.41, 5.74) is 0.955. The molecule has 0 aliphatic rings. The van der Waals surface area contributed by atoms with Crippen LogP contribution in [0.3, 0.4) is 0 Å². The van der Waals surface area contributed by atoms with Crippen LogP contribution >= 0.6 is 0 Å². The van der Waals surface area contributed by atoms with E-state index in [4.69, 9.17) is 0 Å². The van der Waals surface area contributed by atoms with Crippen LogP contribution in [-0.2, 0) is 64.2 Å². The Bertz CT molecular complexity index is 172. The molecule has 12 heavy (non-hydrogen) atoms. The molecule has 1 aromatic heterocycles. The van der Waals surface area contributed by atoms with E-state index in [1.165, 1.54) is 0 Å². The smallest absolute Gasteiger partial charge is 0.0530 e. The van der Waals surface area contributed by atoms with E-state index in [0.29, 0.717) is 0 Å². The van der Waals surface area contributed by atoms with Crippen LogP contribution in [0, 0.1) is 14.4 Å².